The van der Waals surface area contributed by atoms with E-state index in [1.165, 1.54) is 183 Å². The zero-order valence-electron chi connectivity index (χ0n) is 49.4. The van der Waals surface area contributed by atoms with E-state index in [4.69, 9.17) is 14.2 Å². The van der Waals surface area contributed by atoms with E-state index in [0.29, 0.717) is 19.8 Å². The Morgan fingerprint density at radius 3 is 0.704 bits per heavy atom. The molecule has 3 nitrogen and oxygen atoms in total. The smallest absolute Gasteiger partial charge is 0.127 e. The van der Waals surface area contributed by atoms with E-state index in [0.717, 1.165) is 85.0 Å². The summed E-state index contributed by atoms with van der Waals surface area (Å²) in [5, 5.41) is 21.3. The second-order valence-corrected chi connectivity index (χ2v) is 23.5. The molecule has 0 heterocycles. The van der Waals surface area contributed by atoms with Gasteiger partial charge in [0, 0.05) is 16.2 Å². The number of benzene rings is 9. The van der Waals surface area contributed by atoms with E-state index >= 15 is 0 Å². The van der Waals surface area contributed by atoms with Crippen LogP contribution in [0.2, 0.25) is 0 Å². The van der Waals surface area contributed by atoms with Crippen molar-refractivity contribution in [2.45, 2.75) is 175 Å². The highest BCUT2D eigenvalue weighted by Crippen LogP contribution is 2.38. The van der Waals surface area contributed by atoms with Crippen LogP contribution >= 0.6 is 0 Å². The Kier molecular flexibility index (Phi) is 21.1. The van der Waals surface area contributed by atoms with E-state index in [2.05, 4.69) is 185 Å². The number of rotatable bonds is 30. The predicted octanol–water partition coefficient (Wildman–Crippen LogP) is 24.3. The fourth-order valence-electron chi connectivity index (χ4n) is 12.3. The lowest BCUT2D eigenvalue weighted by Crippen LogP contribution is -1.98. The largest absolute Gasteiger partial charge is 0.493 e. The lowest BCUT2D eigenvalue weighted by molar-refractivity contribution is 0.308. The summed E-state index contributed by atoms with van der Waals surface area (Å²) in [7, 11) is 0. The van der Waals surface area contributed by atoms with Crippen molar-refractivity contribution in [2.75, 3.05) is 19.8 Å². The van der Waals surface area contributed by atoms with Crippen LogP contribution in [0.4, 0.5) is 0 Å². The maximum Gasteiger partial charge on any atom is 0.127 e. The van der Waals surface area contributed by atoms with Crippen LogP contribution in [0, 0.1) is 0 Å². The zero-order chi connectivity index (χ0) is 55.4. The Hall–Kier alpha value is -6.84. The third-order valence-corrected chi connectivity index (χ3v) is 17.1. The van der Waals surface area contributed by atoms with Gasteiger partial charge in [0.1, 0.15) is 17.2 Å². The minimum atomic E-state index is 0.713. The predicted molar refractivity (Wildman–Crippen MR) is 355 cm³/mol. The Bertz CT molecular complexity index is 3400. The van der Waals surface area contributed by atoms with Gasteiger partial charge >= 0.3 is 0 Å². The molecule has 0 amide bonds. The van der Waals surface area contributed by atoms with Gasteiger partial charge in [0.2, 0.25) is 0 Å². The summed E-state index contributed by atoms with van der Waals surface area (Å²) in [6.45, 7) is 9.01. The van der Waals surface area contributed by atoms with Gasteiger partial charge < -0.3 is 14.2 Å². The molecule has 0 fully saturated rings. The van der Waals surface area contributed by atoms with Crippen molar-refractivity contribution in [1.29, 1.82) is 0 Å². The van der Waals surface area contributed by atoms with Gasteiger partial charge in [-0.05, 0) is 155 Å². The SMILES string of the molecule is CCCCCCCCCCOc1cc2ccc3ccc4ccc5c(OCCCCCCCCCC)cc(ccc6ccc7ccc8c(OCCCCCCCCCC)cc(ccc9ccc%10ccc1c(c2)c%10c9)cc8c7c6)cc5c4c3. The van der Waals surface area contributed by atoms with Gasteiger partial charge in [-0.15, -0.1) is 0 Å². The molecule has 420 valence electrons. The first kappa shape index (κ1) is 57.4. The van der Waals surface area contributed by atoms with Crippen molar-refractivity contribution in [1.82, 2.24) is 0 Å². The van der Waals surface area contributed by atoms with E-state index < -0.39 is 0 Å². The van der Waals surface area contributed by atoms with Crippen LogP contribution in [0.15, 0.2) is 164 Å². The van der Waals surface area contributed by atoms with Crippen molar-refractivity contribution in [3.8, 4) is 17.2 Å². The molecule has 0 aliphatic heterocycles. The molecule has 10 aromatic carbocycles. The molecule has 81 heavy (non-hydrogen) atoms. The van der Waals surface area contributed by atoms with Crippen molar-refractivity contribution in [3.63, 3.8) is 0 Å². The molecule has 0 saturated heterocycles. The maximum absolute atomic E-state index is 6.81. The molecule has 0 atom stereocenters. The van der Waals surface area contributed by atoms with Gasteiger partial charge in [0.25, 0.3) is 0 Å². The minimum absolute atomic E-state index is 0.713. The number of fused-ring (bicyclic) bond motifs is 6. The Morgan fingerprint density at radius 2 is 0.420 bits per heavy atom. The third-order valence-electron chi connectivity index (χ3n) is 17.1. The van der Waals surface area contributed by atoms with Crippen LogP contribution in [0.5, 0.6) is 17.2 Å². The first-order valence-corrected chi connectivity index (χ1v) is 32.0. The standard InChI is InChI=1S/C78H90O3/c1-4-7-10-13-16-19-22-25-46-79-76-55-61-31-28-58-35-38-65-41-44-68-74(71(65)50-58)54-63(57-78(68)81-48-27-24-21-18-15-12-9-6-3)33-30-60-36-39-66-42-45-69-75(72(66)51-60)53-62(56-77(69)80-47-26-23-20-17-14-11-8-5-2)32-29-59-34-37-64-40-43-67(76)73(52-61)70(64)49-59/h28-45,49-57H,4-27,46-48H2,1-3H3. The monoisotopic (exact) mass is 1070 g/mol. The average molecular weight is 1080 g/mol. The number of hydrogen-bond acceptors (Lipinski definition) is 3. The van der Waals surface area contributed by atoms with Crippen LogP contribution < -0.4 is 14.2 Å². The van der Waals surface area contributed by atoms with Crippen molar-refractivity contribution < 1.29 is 14.2 Å². The summed E-state index contributed by atoms with van der Waals surface area (Å²) in [6, 6.07) is 61.9. The highest BCUT2D eigenvalue weighted by Gasteiger charge is 2.12. The topological polar surface area (TPSA) is 27.7 Å². The minimum Gasteiger partial charge on any atom is -0.493 e. The first-order valence-electron chi connectivity index (χ1n) is 32.0. The van der Waals surface area contributed by atoms with E-state index in [1.54, 1.807) is 0 Å². The molecular weight excluding hydrogens is 985 g/mol. The Labute approximate surface area is 484 Å². The molecule has 10 aromatic rings. The van der Waals surface area contributed by atoms with Crippen LogP contribution in [0.25, 0.3) is 97.0 Å². The second kappa shape index (κ2) is 29.7. The van der Waals surface area contributed by atoms with E-state index in [1.807, 2.05) is 0 Å². The van der Waals surface area contributed by atoms with Gasteiger partial charge in [-0.2, -0.15) is 0 Å². The molecule has 0 unspecified atom stereocenters. The summed E-state index contributed by atoms with van der Waals surface area (Å²) in [5.74, 6) is 2.86. The molecule has 0 spiro atoms. The molecule has 0 N–H and O–H groups in total. The van der Waals surface area contributed by atoms with Crippen LogP contribution in [-0.4, -0.2) is 19.8 Å². The molecule has 0 saturated carbocycles. The molecule has 0 aromatic heterocycles. The molecule has 0 aliphatic rings. The summed E-state index contributed by atoms with van der Waals surface area (Å²) in [6.07, 6.45) is 30.5. The highest BCUT2D eigenvalue weighted by atomic mass is 16.5. The Balaban J connectivity index is 1.10. The summed E-state index contributed by atoms with van der Waals surface area (Å²) in [5.41, 5.74) is 0. The maximum atomic E-state index is 6.81. The molecule has 12 bridgehead atoms. The lowest BCUT2D eigenvalue weighted by Gasteiger charge is -2.13. The van der Waals surface area contributed by atoms with Crippen molar-refractivity contribution in [2.24, 2.45) is 0 Å². The van der Waals surface area contributed by atoms with Gasteiger partial charge in [-0.25, -0.2) is 0 Å². The van der Waals surface area contributed by atoms with Gasteiger partial charge in [0.15, 0.2) is 0 Å². The quantitative estimate of drug-likeness (QED) is 0.0332. The van der Waals surface area contributed by atoms with Crippen LogP contribution in [-0.2, 0) is 0 Å². The van der Waals surface area contributed by atoms with Gasteiger partial charge in [-0.3, -0.25) is 0 Å². The van der Waals surface area contributed by atoms with Crippen molar-refractivity contribution in [3.05, 3.63) is 164 Å². The highest BCUT2D eigenvalue weighted by molar-refractivity contribution is 6.15. The number of hydrogen-bond donors (Lipinski definition) is 0. The summed E-state index contributed by atoms with van der Waals surface area (Å²) in [4.78, 5) is 0. The average Bonchev–Trinajstić information content (AvgIpc) is 3.57. The van der Waals surface area contributed by atoms with Crippen LogP contribution in [0.1, 0.15) is 175 Å². The summed E-state index contributed by atoms with van der Waals surface area (Å²) >= 11 is 0. The van der Waals surface area contributed by atoms with Gasteiger partial charge in [-0.1, -0.05) is 265 Å². The number of unbranched alkanes of at least 4 members (excludes halogenated alkanes) is 21. The van der Waals surface area contributed by atoms with E-state index in [-0.39, 0.29) is 0 Å². The molecule has 10 rings (SSSR count). The van der Waals surface area contributed by atoms with Crippen LogP contribution in [0.3, 0.4) is 0 Å². The normalized spacial score (nSPS) is 11.7. The molecule has 0 radical (unpaired) electrons. The lowest BCUT2D eigenvalue weighted by atomic mass is 9.97. The zero-order valence-corrected chi connectivity index (χ0v) is 49.4. The molecule has 0 aliphatic carbocycles. The molecule has 3 heteroatoms. The fraction of sp³-hybridized carbons (Fsp3) is 0.385. The Morgan fingerprint density at radius 1 is 0.198 bits per heavy atom. The third kappa shape index (κ3) is 15.4. The first-order chi connectivity index (χ1) is 40.0. The van der Waals surface area contributed by atoms with E-state index in [9.17, 15) is 0 Å². The fourth-order valence-corrected chi connectivity index (χ4v) is 12.3. The van der Waals surface area contributed by atoms with Crippen molar-refractivity contribution >= 4 is 97.0 Å². The molecular formula is C78H90O3. The summed E-state index contributed by atoms with van der Waals surface area (Å²) < 4.78 is 20.4. The number of ether oxygens (including phenoxy) is 3. The second-order valence-electron chi connectivity index (χ2n) is 23.5. The van der Waals surface area contributed by atoms with Gasteiger partial charge in [0.05, 0.1) is 19.8 Å².